The van der Waals surface area contributed by atoms with Gasteiger partial charge in [-0.05, 0) is 7.05 Å². The van der Waals surface area contributed by atoms with Gasteiger partial charge in [-0.3, -0.25) is 14.5 Å². The second-order valence-corrected chi connectivity index (χ2v) is 1.96. The van der Waals surface area contributed by atoms with Crippen LogP contribution in [0.25, 0.3) is 0 Å². The molecular formula is C6H12NO4W+. The van der Waals surface area contributed by atoms with Gasteiger partial charge in [0.2, 0.25) is 0 Å². The molecule has 0 aliphatic carbocycles. The summed E-state index contributed by atoms with van der Waals surface area (Å²) < 4.78 is 0. The fourth-order valence-corrected chi connectivity index (χ4v) is 0.518. The van der Waals surface area contributed by atoms with Gasteiger partial charge in [-0.2, -0.15) is 0 Å². The number of hydrogen-bond donors (Lipinski definition) is 2. The second kappa shape index (κ2) is 8.68. The van der Waals surface area contributed by atoms with Crippen LogP contribution in [0.3, 0.4) is 0 Å². The Bertz CT molecular complexity index is 134. The number of carboxylic acid groups (broad SMARTS) is 2. The molecule has 0 rings (SSSR count). The van der Waals surface area contributed by atoms with Gasteiger partial charge in [0.05, 0.1) is 13.1 Å². The van der Waals surface area contributed by atoms with Crippen molar-refractivity contribution < 1.29 is 40.9 Å². The van der Waals surface area contributed by atoms with Crippen LogP contribution in [0.15, 0.2) is 0 Å². The fourth-order valence-electron chi connectivity index (χ4n) is 0.518. The van der Waals surface area contributed by atoms with E-state index in [1.807, 2.05) is 0 Å². The molecule has 0 radical (unpaired) electrons. The molecule has 0 fully saturated rings. The van der Waals surface area contributed by atoms with Crippen molar-refractivity contribution in [2.75, 3.05) is 20.1 Å². The number of carbonyl (C=O) groups is 2. The average Bonchev–Trinajstić information content (AvgIpc) is 1.58. The minimum absolute atomic E-state index is 0. The summed E-state index contributed by atoms with van der Waals surface area (Å²) in [5, 5.41) is 16.3. The van der Waals surface area contributed by atoms with E-state index in [-0.39, 0.29) is 41.6 Å². The molecule has 12 heavy (non-hydrogen) atoms. The molecule has 70 valence electrons. The number of nitrogens with zero attached hydrogens (tertiary/aromatic N) is 1. The predicted molar refractivity (Wildman–Crippen MR) is 39.2 cm³/mol. The zero-order chi connectivity index (χ0) is 8.15. The molecule has 0 aliphatic heterocycles. The SMILES string of the molecule is CN(CC(=O)O)CC(=O)O.[CH3-].[W+2]. The first-order valence-corrected chi connectivity index (χ1v) is 2.64. The quantitative estimate of drug-likeness (QED) is 0.674. The van der Waals surface area contributed by atoms with Gasteiger partial charge in [-0.1, -0.05) is 0 Å². The molecule has 0 bridgehead atoms. The molecule has 5 nitrogen and oxygen atoms in total. The Balaban J connectivity index is -0.000000405. The first kappa shape index (κ1) is 17.6. The molecule has 0 aromatic heterocycles. The van der Waals surface area contributed by atoms with Crippen LogP contribution < -0.4 is 0 Å². The first-order chi connectivity index (χ1) is 4.52. The maximum Gasteiger partial charge on any atom is 2.00 e. The van der Waals surface area contributed by atoms with E-state index < -0.39 is 11.9 Å². The first-order valence-electron chi connectivity index (χ1n) is 2.64. The number of likely N-dealkylation sites (N-methyl/N-ethyl adjacent to an activating group) is 1. The van der Waals surface area contributed by atoms with E-state index in [1.165, 1.54) is 11.9 Å². The van der Waals surface area contributed by atoms with Crippen molar-refractivity contribution in [2.45, 2.75) is 0 Å². The summed E-state index contributed by atoms with van der Waals surface area (Å²) in [5.74, 6) is -2.05. The summed E-state index contributed by atoms with van der Waals surface area (Å²) >= 11 is 0. The van der Waals surface area contributed by atoms with Crippen molar-refractivity contribution in [3.63, 3.8) is 0 Å². The Labute approximate surface area is 85.6 Å². The van der Waals surface area contributed by atoms with Gasteiger partial charge < -0.3 is 17.6 Å². The van der Waals surface area contributed by atoms with Crippen LogP contribution in [-0.4, -0.2) is 47.2 Å². The van der Waals surface area contributed by atoms with E-state index in [4.69, 9.17) is 10.2 Å². The molecule has 0 aliphatic rings. The van der Waals surface area contributed by atoms with Crippen LogP contribution >= 0.6 is 0 Å². The summed E-state index contributed by atoms with van der Waals surface area (Å²) in [4.78, 5) is 21.1. The monoisotopic (exact) mass is 346 g/mol. The van der Waals surface area contributed by atoms with E-state index in [1.54, 1.807) is 0 Å². The number of aliphatic carboxylic acids is 2. The maximum absolute atomic E-state index is 9.96. The Hall–Kier alpha value is -0.412. The smallest absolute Gasteiger partial charge is 0.480 e. The van der Waals surface area contributed by atoms with Crippen molar-refractivity contribution in [3.05, 3.63) is 7.43 Å². The number of hydrogen-bond acceptors (Lipinski definition) is 3. The van der Waals surface area contributed by atoms with Gasteiger partial charge in [0.15, 0.2) is 0 Å². The summed E-state index contributed by atoms with van der Waals surface area (Å²) in [7, 11) is 1.43. The van der Waals surface area contributed by atoms with Crippen molar-refractivity contribution >= 4 is 11.9 Å². The molecule has 0 atom stereocenters. The molecule has 0 aromatic carbocycles. The molecule has 0 aromatic rings. The third-order valence-corrected chi connectivity index (χ3v) is 0.810. The molecule has 0 unspecified atom stereocenters. The Morgan fingerprint density at radius 2 is 1.42 bits per heavy atom. The normalized spacial score (nSPS) is 8.17. The van der Waals surface area contributed by atoms with Crippen LogP contribution in [0.1, 0.15) is 0 Å². The van der Waals surface area contributed by atoms with Crippen LogP contribution in [0.5, 0.6) is 0 Å². The van der Waals surface area contributed by atoms with Crippen molar-refractivity contribution in [3.8, 4) is 0 Å². The van der Waals surface area contributed by atoms with Crippen molar-refractivity contribution in [1.29, 1.82) is 0 Å². The molecule has 6 heteroatoms. The Kier molecular flexibility index (Phi) is 12.7. The van der Waals surface area contributed by atoms with Gasteiger partial charge in [0.1, 0.15) is 0 Å². The largest absolute Gasteiger partial charge is 2.00 e. The Morgan fingerprint density at radius 3 is 1.58 bits per heavy atom. The van der Waals surface area contributed by atoms with Crippen LogP contribution in [0.4, 0.5) is 0 Å². The van der Waals surface area contributed by atoms with Gasteiger partial charge in [0, 0.05) is 0 Å². The van der Waals surface area contributed by atoms with Gasteiger partial charge >= 0.3 is 33.0 Å². The van der Waals surface area contributed by atoms with E-state index in [0.717, 1.165) is 0 Å². The summed E-state index contributed by atoms with van der Waals surface area (Å²) in [6, 6.07) is 0. The summed E-state index contributed by atoms with van der Waals surface area (Å²) in [6.07, 6.45) is 0. The second-order valence-electron chi connectivity index (χ2n) is 1.96. The zero-order valence-corrected chi connectivity index (χ0v) is 9.91. The fraction of sp³-hybridized carbons (Fsp3) is 0.500. The topological polar surface area (TPSA) is 77.8 Å². The summed E-state index contributed by atoms with van der Waals surface area (Å²) in [5.41, 5.74) is 0. The molecule has 0 heterocycles. The number of carboxylic acids is 2. The van der Waals surface area contributed by atoms with Crippen LogP contribution in [-0.2, 0) is 30.7 Å². The minimum Gasteiger partial charge on any atom is -0.480 e. The molecule has 0 saturated carbocycles. The van der Waals surface area contributed by atoms with Gasteiger partial charge in [-0.25, -0.2) is 0 Å². The van der Waals surface area contributed by atoms with Gasteiger partial charge in [0.25, 0.3) is 0 Å². The minimum atomic E-state index is -1.02. The van der Waals surface area contributed by atoms with Crippen LogP contribution in [0.2, 0.25) is 0 Å². The predicted octanol–water partition coefficient (Wildman–Crippen LogP) is -0.465. The van der Waals surface area contributed by atoms with E-state index in [0.29, 0.717) is 0 Å². The third kappa shape index (κ3) is 12.3. The van der Waals surface area contributed by atoms with E-state index in [2.05, 4.69) is 0 Å². The van der Waals surface area contributed by atoms with Crippen LogP contribution in [0, 0.1) is 7.43 Å². The molecule has 0 amide bonds. The molecule has 0 saturated heterocycles. The summed E-state index contributed by atoms with van der Waals surface area (Å²) in [6.45, 7) is -0.488. The molecule has 2 N–H and O–H groups in total. The third-order valence-electron chi connectivity index (χ3n) is 0.810. The number of rotatable bonds is 4. The van der Waals surface area contributed by atoms with Gasteiger partial charge in [-0.15, -0.1) is 0 Å². The van der Waals surface area contributed by atoms with Crippen molar-refractivity contribution in [2.24, 2.45) is 0 Å². The van der Waals surface area contributed by atoms with Crippen molar-refractivity contribution in [1.82, 2.24) is 4.90 Å². The molecular weight excluding hydrogens is 334 g/mol. The average molecular weight is 346 g/mol. The van der Waals surface area contributed by atoms with E-state index >= 15 is 0 Å². The Morgan fingerprint density at radius 1 is 1.17 bits per heavy atom. The maximum atomic E-state index is 9.96. The zero-order valence-electron chi connectivity index (χ0n) is 6.98. The van der Waals surface area contributed by atoms with E-state index in [9.17, 15) is 9.59 Å². The molecule has 0 spiro atoms. The standard InChI is InChI=1S/C5H9NO4.CH3.W/c1-6(2-4(7)8)3-5(9)10;;/h2-3H2,1H3,(H,7,8)(H,9,10);1H3;/q;-1;+2.